The summed E-state index contributed by atoms with van der Waals surface area (Å²) >= 11 is 0. The van der Waals surface area contributed by atoms with Gasteiger partial charge in [-0.3, -0.25) is 4.90 Å². The monoisotopic (exact) mass is 271 g/mol. The van der Waals surface area contributed by atoms with Gasteiger partial charge in [-0.2, -0.15) is 0 Å². The maximum absolute atomic E-state index is 11.0. The van der Waals surface area contributed by atoms with Gasteiger partial charge in [0.2, 0.25) is 9.05 Å². The first kappa shape index (κ1) is 11.5. The van der Waals surface area contributed by atoms with Crippen LogP contribution in [0.2, 0.25) is 0 Å². The minimum absolute atomic E-state index is 0.0781. The number of hydrogen-bond acceptors (Lipinski definition) is 3. The van der Waals surface area contributed by atoms with Crippen molar-refractivity contribution in [3.05, 3.63) is 34.9 Å². The van der Waals surface area contributed by atoms with E-state index in [9.17, 15) is 8.42 Å². The maximum Gasteiger partial charge on any atom is 0.236 e. The van der Waals surface area contributed by atoms with Crippen LogP contribution in [0.25, 0.3) is 0 Å². The van der Waals surface area contributed by atoms with Gasteiger partial charge >= 0.3 is 0 Å². The van der Waals surface area contributed by atoms with E-state index in [4.69, 9.17) is 10.7 Å². The molecule has 0 radical (unpaired) electrons. The van der Waals surface area contributed by atoms with Crippen LogP contribution in [-0.2, 0) is 27.9 Å². The molecule has 3 nitrogen and oxygen atoms in total. The Balaban J connectivity index is 1.81. The zero-order valence-corrected chi connectivity index (χ0v) is 11.0. The lowest BCUT2D eigenvalue weighted by Gasteiger charge is -2.11. The van der Waals surface area contributed by atoms with Crippen LogP contribution in [0.5, 0.6) is 0 Å². The maximum atomic E-state index is 11.0. The molecule has 0 N–H and O–H groups in total. The lowest BCUT2D eigenvalue weighted by atomic mass is 10.1. The summed E-state index contributed by atoms with van der Waals surface area (Å²) in [5.41, 5.74) is 3.37. The molecule has 0 bridgehead atoms. The Bertz CT molecular complexity index is 552. The third-order valence-corrected chi connectivity index (χ3v) is 4.43. The normalized spacial score (nSPS) is 20.5. The van der Waals surface area contributed by atoms with Crippen molar-refractivity contribution in [2.24, 2.45) is 0 Å². The molecule has 3 rings (SSSR count). The van der Waals surface area contributed by atoms with Gasteiger partial charge in [0.25, 0.3) is 0 Å². The van der Waals surface area contributed by atoms with Crippen LogP contribution in [0.15, 0.2) is 18.2 Å². The van der Waals surface area contributed by atoms with Crippen LogP contribution < -0.4 is 0 Å². The molecule has 0 spiro atoms. The van der Waals surface area contributed by atoms with Gasteiger partial charge in [-0.05, 0) is 29.5 Å². The van der Waals surface area contributed by atoms with Crippen LogP contribution >= 0.6 is 10.7 Å². The highest BCUT2D eigenvalue weighted by molar-refractivity contribution is 8.13. The summed E-state index contributed by atoms with van der Waals surface area (Å²) in [5, 5.41) is 0. The molecule has 92 valence electrons. The first-order chi connectivity index (χ1) is 8.01. The molecular weight excluding hydrogens is 258 g/mol. The van der Waals surface area contributed by atoms with E-state index in [0.29, 0.717) is 0 Å². The van der Waals surface area contributed by atoms with Crippen LogP contribution in [0.3, 0.4) is 0 Å². The van der Waals surface area contributed by atoms with E-state index < -0.39 is 9.05 Å². The fraction of sp³-hybridized carbons (Fsp3) is 0.500. The minimum Gasteiger partial charge on any atom is -0.292 e. The highest BCUT2D eigenvalue weighted by atomic mass is 35.7. The molecule has 1 aromatic carbocycles. The van der Waals surface area contributed by atoms with E-state index in [1.165, 1.54) is 24.0 Å². The summed E-state index contributed by atoms with van der Waals surface area (Å²) in [4.78, 5) is 2.46. The van der Waals surface area contributed by atoms with Gasteiger partial charge in [-0.25, -0.2) is 8.42 Å². The average molecular weight is 272 g/mol. The Kier molecular flexibility index (Phi) is 2.69. The van der Waals surface area contributed by atoms with Crippen LogP contribution in [0.4, 0.5) is 0 Å². The molecule has 0 unspecified atom stereocenters. The Morgan fingerprint density at radius 1 is 1.24 bits per heavy atom. The average Bonchev–Trinajstić information content (AvgIpc) is 2.96. The van der Waals surface area contributed by atoms with Crippen molar-refractivity contribution in [3.8, 4) is 0 Å². The largest absolute Gasteiger partial charge is 0.292 e. The first-order valence-corrected chi connectivity index (χ1v) is 8.26. The molecule has 17 heavy (non-hydrogen) atoms. The standard InChI is InChI=1S/C12H14ClNO2S/c13-17(15,16)8-9-1-2-10-6-14(12-3-4-12)7-11(10)5-9/h1-2,5,12H,3-4,6-8H2. The van der Waals surface area contributed by atoms with E-state index in [1.54, 1.807) is 0 Å². The molecule has 0 saturated heterocycles. The molecule has 0 amide bonds. The van der Waals surface area contributed by atoms with Gasteiger partial charge in [0.05, 0.1) is 5.75 Å². The number of fused-ring (bicyclic) bond motifs is 1. The van der Waals surface area contributed by atoms with Crippen molar-refractivity contribution in [1.29, 1.82) is 0 Å². The van der Waals surface area contributed by atoms with Crippen LogP contribution in [0.1, 0.15) is 29.5 Å². The topological polar surface area (TPSA) is 37.4 Å². The second kappa shape index (κ2) is 3.97. The predicted molar refractivity (Wildman–Crippen MR) is 67.2 cm³/mol. The molecule has 1 aliphatic heterocycles. The van der Waals surface area contributed by atoms with Crippen molar-refractivity contribution in [2.45, 2.75) is 37.7 Å². The zero-order chi connectivity index (χ0) is 12.0. The smallest absolute Gasteiger partial charge is 0.236 e. The number of hydrogen-bond donors (Lipinski definition) is 0. The predicted octanol–water partition coefficient (Wildman–Crippen LogP) is 2.23. The van der Waals surface area contributed by atoms with E-state index in [2.05, 4.69) is 4.90 Å². The molecule has 1 saturated carbocycles. The molecule has 5 heteroatoms. The lowest BCUT2D eigenvalue weighted by molar-refractivity contribution is 0.273. The van der Waals surface area contributed by atoms with Crippen molar-refractivity contribution in [2.75, 3.05) is 0 Å². The third kappa shape index (κ3) is 2.64. The molecule has 1 aliphatic carbocycles. The lowest BCUT2D eigenvalue weighted by Crippen LogP contribution is -2.18. The Hall–Kier alpha value is -0.580. The molecule has 1 aromatic rings. The fourth-order valence-corrected chi connectivity index (χ4v) is 3.42. The van der Waals surface area contributed by atoms with Gasteiger partial charge in [-0.15, -0.1) is 0 Å². The van der Waals surface area contributed by atoms with Crippen LogP contribution in [0, 0.1) is 0 Å². The molecule has 0 atom stereocenters. The highest BCUT2D eigenvalue weighted by Crippen LogP contribution is 2.35. The highest BCUT2D eigenvalue weighted by Gasteiger charge is 2.32. The molecular formula is C12H14ClNO2S. The minimum atomic E-state index is -3.45. The van der Waals surface area contributed by atoms with E-state index in [-0.39, 0.29) is 5.75 Å². The zero-order valence-electron chi connectivity index (χ0n) is 9.39. The number of rotatable bonds is 3. The van der Waals surface area contributed by atoms with Crippen molar-refractivity contribution in [1.82, 2.24) is 4.90 Å². The summed E-state index contributed by atoms with van der Waals surface area (Å²) < 4.78 is 22.1. The number of halogens is 1. The first-order valence-electron chi connectivity index (χ1n) is 5.78. The van der Waals surface area contributed by atoms with E-state index in [0.717, 1.165) is 24.7 Å². The van der Waals surface area contributed by atoms with Crippen molar-refractivity contribution >= 4 is 19.7 Å². The Morgan fingerprint density at radius 3 is 2.59 bits per heavy atom. The van der Waals surface area contributed by atoms with E-state index >= 15 is 0 Å². The third-order valence-electron chi connectivity index (χ3n) is 3.42. The number of nitrogens with zero attached hydrogens (tertiary/aromatic N) is 1. The molecule has 1 fully saturated rings. The second-order valence-electron chi connectivity index (χ2n) is 4.92. The quantitative estimate of drug-likeness (QED) is 0.791. The second-order valence-corrected chi connectivity index (χ2v) is 7.70. The SMILES string of the molecule is O=S(=O)(Cl)Cc1ccc2c(c1)CN(C1CC1)C2. The van der Waals surface area contributed by atoms with Gasteiger partial charge < -0.3 is 0 Å². The van der Waals surface area contributed by atoms with Crippen molar-refractivity contribution < 1.29 is 8.42 Å². The Morgan fingerprint density at radius 2 is 1.94 bits per heavy atom. The summed E-state index contributed by atoms with van der Waals surface area (Å²) in [5.74, 6) is -0.0781. The van der Waals surface area contributed by atoms with Gasteiger partial charge in [0.1, 0.15) is 0 Å². The fourth-order valence-electron chi connectivity index (χ4n) is 2.46. The molecule has 2 aliphatic rings. The van der Waals surface area contributed by atoms with Gasteiger partial charge in [-0.1, -0.05) is 18.2 Å². The summed E-state index contributed by atoms with van der Waals surface area (Å²) in [7, 11) is 1.82. The molecule has 0 aromatic heterocycles. The molecule has 1 heterocycles. The van der Waals surface area contributed by atoms with Gasteiger partial charge in [0.15, 0.2) is 0 Å². The summed E-state index contributed by atoms with van der Waals surface area (Å²) in [6, 6.07) is 6.64. The van der Waals surface area contributed by atoms with Crippen molar-refractivity contribution in [3.63, 3.8) is 0 Å². The summed E-state index contributed by atoms with van der Waals surface area (Å²) in [6.45, 7) is 1.96. The van der Waals surface area contributed by atoms with Gasteiger partial charge in [0, 0.05) is 29.8 Å². The summed E-state index contributed by atoms with van der Waals surface area (Å²) in [6.07, 6.45) is 2.60. The Labute approximate surface area is 106 Å². The number of benzene rings is 1. The van der Waals surface area contributed by atoms with E-state index in [1.807, 2.05) is 18.2 Å². The van der Waals surface area contributed by atoms with Crippen LogP contribution in [-0.4, -0.2) is 19.4 Å².